The molecular formula is C17H13ClFN3O3. The highest BCUT2D eigenvalue weighted by Gasteiger charge is 2.34. The van der Waals surface area contributed by atoms with E-state index in [0.29, 0.717) is 11.1 Å². The van der Waals surface area contributed by atoms with Crippen LogP contribution in [0.5, 0.6) is 0 Å². The third-order valence-corrected chi connectivity index (χ3v) is 4.80. The molecule has 0 spiro atoms. The number of carbonyl (C=O) groups is 1. The topological polar surface area (TPSA) is 87.5 Å². The summed E-state index contributed by atoms with van der Waals surface area (Å²) in [5.41, 5.74) is 1.06. The SMILES string of the molecule is Cc1cc(-c2cn3nc(C(=O)O)c(C4CC4)c3c(=O)[nH]2)c(F)cc1Cl. The molecule has 0 radical (unpaired) electrons. The lowest BCUT2D eigenvalue weighted by Crippen LogP contribution is -2.12. The Hall–Kier alpha value is -2.67. The Morgan fingerprint density at radius 3 is 2.80 bits per heavy atom. The summed E-state index contributed by atoms with van der Waals surface area (Å²) in [6.07, 6.45) is 3.09. The number of H-pyrrole nitrogens is 1. The second-order valence-corrected chi connectivity index (χ2v) is 6.62. The number of fused-ring (bicyclic) bond motifs is 1. The van der Waals surface area contributed by atoms with Gasteiger partial charge in [-0.1, -0.05) is 11.6 Å². The first-order valence-corrected chi connectivity index (χ1v) is 8.09. The maximum atomic E-state index is 14.3. The lowest BCUT2D eigenvalue weighted by Gasteiger charge is -2.07. The molecule has 3 aromatic rings. The van der Waals surface area contributed by atoms with Crippen molar-refractivity contribution in [1.82, 2.24) is 14.6 Å². The predicted octanol–water partition coefficient (Wildman–Crippen LogP) is 3.37. The summed E-state index contributed by atoms with van der Waals surface area (Å²) in [5.74, 6) is -1.73. The number of aryl methyl sites for hydroxylation is 1. The van der Waals surface area contributed by atoms with E-state index in [0.717, 1.165) is 12.8 Å². The highest BCUT2D eigenvalue weighted by molar-refractivity contribution is 6.31. The van der Waals surface area contributed by atoms with Crippen LogP contribution in [0.25, 0.3) is 16.8 Å². The fraction of sp³-hybridized carbons (Fsp3) is 0.235. The average molecular weight is 362 g/mol. The number of carboxylic acids is 1. The summed E-state index contributed by atoms with van der Waals surface area (Å²) >= 11 is 5.91. The van der Waals surface area contributed by atoms with Crippen molar-refractivity contribution in [3.8, 4) is 11.3 Å². The van der Waals surface area contributed by atoms with Gasteiger partial charge in [-0.05, 0) is 43.4 Å². The number of benzene rings is 1. The smallest absolute Gasteiger partial charge is 0.356 e. The van der Waals surface area contributed by atoms with Crippen molar-refractivity contribution in [2.45, 2.75) is 25.7 Å². The number of aromatic amines is 1. The van der Waals surface area contributed by atoms with Gasteiger partial charge in [-0.3, -0.25) is 4.79 Å². The molecule has 1 fully saturated rings. The largest absolute Gasteiger partial charge is 0.476 e. The molecule has 0 bridgehead atoms. The van der Waals surface area contributed by atoms with Gasteiger partial charge in [0.2, 0.25) is 0 Å². The molecule has 0 amide bonds. The first-order chi connectivity index (χ1) is 11.9. The minimum Gasteiger partial charge on any atom is -0.476 e. The Balaban J connectivity index is 1.99. The summed E-state index contributed by atoms with van der Waals surface area (Å²) in [6.45, 7) is 1.73. The van der Waals surface area contributed by atoms with Crippen LogP contribution in [-0.4, -0.2) is 25.7 Å². The van der Waals surface area contributed by atoms with E-state index in [1.165, 1.54) is 22.8 Å². The fourth-order valence-corrected chi connectivity index (χ4v) is 3.17. The molecule has 128 valence electrons. The van der Waals surface area contributed by atoms with Crippen molar-refractivity contribution in [1.29, 1.82) is 0 Å². The van der Waals surface area contributed by atoms with Gasteiger partial charge in [-0.15, -0.1) is 0 Å². The normalized spacial score (nSPS) is 14.2. The Bertz CT molecular complexity index is 1100. The molecule has 0 saturated heterocycles. The number of hydrogen-bond acceptors (Lipinski definition) is 3. The molecule has 4 rings (SSSR count). The number of aromatic nitrogens is 3. The van der Waals surface area contributed by atoms with E-state index in [9.17, 15) is 19.1 Å². The molecule has 6 nitrogen and oxygen atoms in total. The van der Waals surface area contributed by atoms with Crippen molar-refractivity contribution in [3.63, 3.8) is 0 Å². The number of aromatic carboxylic acids is 1. The Morgan fingerprint density at radius 1 is 1.44 bits per heavy atom. The number of carboxylic acid groups (broad SMARTS) is 1. The van der Waals surface area contributed by atoms with Gasteiger partial charge in [0.15, 0.2) is 5.69 Å². The quantitative estimate of drug-likeness (QED) is 0.748. The molecule has 8 heteroatoms. The van der Waals surface area contributed by atoms with E-state index in [1.807, 2.05) is 0 Å². The van der Waals surface area contributed by atoms with Crippen LogP contribution in [0.3, 0.4) is 0 Å². The molecule has 1 aromatic carbocycles. The van der Waals surface area contributed by atoms with Crippen molar-refractivity contribution in [3.05, 3.63) is 56.3 Å². The van der Waals surface area contributed by atoms with Crippen LogP contribution >= 0.6 is 11.6 Å². The number of rotatable bonds is 3. The minimum absolute atomic E-state index is 0.0325. The van der Waals surface area contributed by atoms with Gasteiger partial charge < -0.3 is 10.1 Å². The van der Waals surface area contributed by atoms with E-state index in [2.05, 4.69) is 10.1 Å². The highest BCUT2D eigenvalue weighted by atomic mass is 35.5. The lowest BCUT2D eigenvalue weighted by atomic mass is 10.1. The van der Waals surface area contributed by atoms with Crippen LogP contribution in [0.15, 0.2) is 23.1 Å². The van der Waals surface area contributed by atoms with Gasteiger partial charge in [-0.2, -0.15) is 5.10 Å². The zero-order valence-electron chi connectivity index (χ0n) is 13.1. The second-order valence-electron chi connectivity index (χ2n) is 6.21. The van der Waals surface area contributed by atoms with Crippen molar-refractivity contribution in [2.24, 2.45) is 0 Å². The standard InChI is InChI=1S/C17H13ClFN3O3/c1-7-4-9(11(19)5-10(7)18)12-6-22-15(16(23)20-12)13(8-2-3-8)14(21-22)17(24)25/h4-6,8H,2-3H2,1H3,(H,20,23)(H,24,25). The Labute approximate surface area is 145 Å². The monoisotopic (exact) mass is 361 g/mol. The van der Waals surface area contributed by atoms with Crippen LogP contribution in [0.1, 0.15) is 40.4 Å². The van der Waals surface area contributed by atoms with Crippen LogP contribution in [0.2, 0.25) is 5.02 Å². The zero-order chi connectivity index (χ0) is 17.9. The Kier molecular flexibility index (Phi) is 3.43. The average Bonchev–Trinajstić information content (AvgIpc) is 3.30. The molecule has 1 saturated carbocycles. The third-order valence-electron chi connectivity index (χ3n) is 4.39. The van der Waals surface area contributed by atoms with Gasteiger partial charge in [0, 0.05) is 16.1 Å². The number of nitrogens with zero attached hydrogens (tertiary/aromatic N) is 2. The third kappa shape index (κ3) is 2.51. The molecule has 0 atom stereocenters. The van der Waals surface area contributed by atoms with Crippen molar-refractivity contribution < 1.29 is 14.3 Å². The second kappa shape index (κ2) is 5.42. The molecule has 0 aliphatic heterocycles. The predicted molar refractivity (Wildman–Crippen MR) is 89.9 cm³/mol. The van der Waals surface area contributed by atoms with Crippen LogP contribution in [0.4, 0.5) is 4.39 Å². The first kappa shape index (κ1) is 15.8. The summed E-state index contributed by atoms with van der Waals surface area (Å²) < 4.78 is 15.5. The fourth-order valence-electron chi connectivity index (χ4n) is 3.02. The van der Waals surface area contributed by atoms with E-state index in [1.54, 1.807) is 6.92 Å². The lowest BCUT2D eigenvalue weighted by molar-refractivity contribution is 0.0689. The van der Waals surface area contributed by atoms with Gasteiger partial charge in [0.05, 0.1) is 11.9 Å². The zero-order valence-corrected chi connectivity index (χ0v) is 13.9. The summed E-state index contributed by atoms with van der Waals surface area (Å²) in [6, 6.07) is 2.70. The summed E-state index contributed by atoms with van der Waals surface area (Å²) in [5, 5.41) is 13.7. The molecule has 1 aliphatic rings. The van der Waals surface area contributed by atoms with Crippen LogP contribution < -0.4 is 5.56 Å². The molecule has 25 heavy (non-hydrogen) atoms. The van der Waals surface area contributed by atoms with Crippen LogP contribution in [0, 0.1) is 12.7 Å². The van der Waals surface area contributed by atoms with Gasteiger partial charge in [0.1, 0.15) is 11.3 Å². The number of hydrogen-bond donors (Lipinski definition) is 2. The molecule has 2 heterocycles. The summed E-state index contributed by atoms with van der Waals surface area (Å²) in [4.78, 5) is 26.7. The maximum absolute atomic E-state index is 14.3. The first-order valence-electron chi connectivity index (χ1n) is 7.71. The molecule has 0 unspecified atom stereocenters. The van der Waals surface area contributed by atoms with E-state index in [4.69, 9.17) is 11.6 Å². The number of nitrogens with one attached hydrogen (secondary N) is 1. The van der Waals surface area contributed by atoms with Gasteiger partial charge in [-0.25, -0.2) is 13.7 Å². The van der Waals surface area contributed by atoms with E-state index in [-0.39, 0.29) is 33.4 Å². The molecule has 2 N–H and O–H groups in total. The summed E-state index contributed by atoms with van der Waals surface area (Å²) in [7, 11) is 0. The van der Waals surface area contributed by atoms with Crippen LogP contribution in [-0.2, 0) is 0 Å². The Morgan fingerprint density at radius 2 is 2.16 bits per heavy atom. The molecular weight excluding hydrogens is 349 g/mol. The molecule has 1 aliphatic carbocycles. The number of halogens is 2. The minimum atomic E-state index is -1.18. The van der Waals surface area contributed by atoms with Gasteiger partial charge in [0.25, 0.3) is 5.56 Å². The van der Waals surface area contributed by atoms with Crippen molar-refractivity contribution in [2.75, 3.05) is 0 Å². The highest BCUT2D eigenvalue weighted by Crippen LogP contribution is 2.43. The van der Waals surface area contributed by atoms with E-state index < -0.39 is 17.3 Å². The maximum Gasteiger partial charge on any atom is 0.356 e. The van der Waals surface area contributed by atoms with Gasteiger partial charge >= 0.3 is 5.97 Å². The van der Waals surface area contributed by atoms with Crippen molar-refractivity contribution >= 4 is 23.1 Å². The molecule has 2 aromatic heterocycles. The van der Waals surface area contributed by atoms with E-state index >= 15 is 0 Å².